The van der Waals surface area contributed by atoms with Gasteiger partial charge in [-0.15, -0.1) is 0 Å². The van der Waals surface area contributed by atoms with Crippen LogP contribution in [-0.2, 0) is 13.3 Å². The Morgan fingerprint density at radius 1 is 0.667 bits per heavy atom. The molecule has 0 aromatic heterocycles. The Morgan fingerprint density at radius 2 is 1.05 bits per heavy atom. The Labute approximate surface area is 133 Å². The first-order chi connectivity index (χ1) is 9.68. The summed E-state index contributed by atoms with van der Waals surface area (Å²) in [6.45, 7) is 11.6. The molecule has 0 bridgehead atoms. The van der Waals surface area contributed by atoms with Crippen molar-refractivity contribution >= 4 is 16.9 Å². The van der Waals surface area contributed by atoms with E-state index in [1.807, 2.05) is 0 Å². The van der Waals surface area contributed by atoms with E-state index in [-0.39, 0.29) is 0 Å². The van der Waals surface area contributed by atoms with Gasteiger partial charge in [0.25, 0.3) is 0 Å². The molecule has 0 amide bonds. The van der Waals surface area contributed by atoms with E-state index in [0.29, 0.717) is 0 Å². The van der Waals surface area contributed by atoms with Gasteiger partial charge in [-0.3, -0.25) is 0 Å². The van der Waals surface area contributed by atoms with Crippen molar-refractivity contribution in [2.24, 2.45) is 0 Å². The van der Waals surface area contributed by atoms with Crippen molar-refractivity contribution in [3.8, 4) is 0 Å². The Morgan fingerprint density at radius 3 is 1.38 bits per heavy atom. The second-order valence-corrected chi connectivity index (χ2v) is 15.7. The van der Waals surface area contributed by atoms with Gasteiger partial charge in [0.05, 0.1) is 0 Å². The van der Waals surface area contributed by atoms with Crippen LogP contribution in [0.15, 0.2) is 0 Å². The third kappa shape index (κ3) is 9.77. The van der Waals surface area contributed by atoms with Gasteiger partial charge in [0.15, 0.2) is 0 Å². The minimum Gasteiger partial charge on any atom is -0.377 e. The van der Waals surface area contributed by atoms with Crippen LogP contribution in [0.3, 0.4) is 0 Å². The van der Waals surface area contributed by atoms with Crippen LogP contribution in [0.1, 0.15) is 0 Å². The fourth-order valence-corrected chi connectivity index (χ4v) is 4.80. The lowest BCUT2D eigenvalue weighted by atomic mass is 10.5. The Bertz CT molecular complexity index is 263. The van der Waals surface area contributed by atoms with E-state index in [2.05, 4.69) is 43.5 Å². The monoisotopic (exact) mass is 336 g/mol. The first kappa shape index (κ1) is 21.2. The molecule has 0 unspecified atom stereocenters. The average Bonchev–Trinajstić information content (AvgIpc) is 2.44. The van der Waals surface area contributed by atoms with E-state index in [1.165, 1.54) is 12.6 Å². The first-order valence-electron chi connectivity index (χ1n) is 7.70. The summed E-state index contributed by atoms with van der Waals surface area (Å²) in [5, 5.41) is 0. The van der Waals surface area contributed by atoms with Crippen LogP contribution in [0, 0.1) is 0 Å². The molecule has 0 aromatic carbocycles. The highest BCUT2D eigenvalue weighted by Gasteiger charge is 2.37. The molecule has 0 radical (unpaired) electrons. The molecule has 0 aromatic rings. The van der Waals surface area contributed by atoms with E-state index in [1.54, 1.807) is 21.3 Å². The summed E-state index contributed by atoms with van der Waals surface area (Å²) < 4.78 is 16.4. The molecule has 0 N–H and O–H groups in total. The molecule has 5 nitrogen and oxygen atoms in total. The van der Waals surface area contributed by atoms with Gasteiger partial charge >= 0.3 is 8.80 Å². The molecule has 0 atom stereocenters. The van der Waals surface area contributed by atoms with Gasteiger partial charge in [0.1, 0.15) is 0 Å². The van der Waals surface area contributed by atoms with Crippen LogP contribution in [-0.4, -0.2) is 88.3 Å². The highest BCUT2D eigenvalue weighted by atomic mass is 28.4. The van der Waals surface area contributed by atoms with Gasteiger partial charge in [0, 0.05) is 55.1 Å². The molecule has 0 aliphatic heterocycles. The van der Waals surface area contributed by atoms with Crippen LogP contribution in [0.4, 0.5) is 0 Å². The van der Waals surface area contributed by atoms with E-state index >= 15 is 0 Å². The second kappa shape index (κ2) is 10.1. The summed E-state index contributed by atoms with van der Waals surface area (Å²) in [5.74, 6) is 0. The first-order valence-corrected chi connectivity index (χ1v) is 13.3. The van der Waals surface area contributed by atoms with E-state index < -0.39 is 16.9 Å². The summed E-state index contributed by atoms with van der Waals surface area (Å²) in [6, 6.07) is 2.19. The van der Waals surface area contributed by atoms with E-state index in [0.717, 1.165) is 25.7 Å². The molecule has 128 valence electrons. The van der Waals surface area contributed by atoms with Crippen molar-refractivity contribution in [2.75, 3.05) is 61.6 Å². The predicted molar refractivity (Wildman–Crippen MR) is 94.7 cm³/mol. The third-order valence-corrected chi connectivity index (χ3v) is 8.27. The lowest BCUT2D eigenvalue weighted by Gasteiger charge is -2.28. The lowest BCUT2D eigenvalue weighted by Crippen LogP contribution is -2.45. The van der Waals surface area contributed by atoms with Gasteiger partial charge in [-0.05, 0) is 26.7 Å². The van der Waals surface area contributed by atoms with Crippen molar-refractivity contribution in [3.63, 3.8) is 0 Å². The third-order valence-electron chi connectivity index (χ3n) is 3.84. The smallest absolute Gasteiger partial charge is 0.377 e. The molecule has 7 heteroatoms. The molecule has 0 aliphatic carbocycles. The van der Waals surface area contributed by atoms with E-state index in [9.17, 15) is 0 Å². The maximum atomic E-state index is 5.45. The molecular formula is C14H36N2O3Si2. The number of rotatable bonds is 12. The summed E-state index contributed by atoms with van der Waals surface area (Å²) in [5.41, 5.74) is 0. The second-order valence-electron chi connectivity index (χ2n) is 6.96. The number of nitrogens with zero attached hydrogens (tertiary/aromatic N) is 2. The summed E-state index contributed by atoms with van der Waals surface area (Å²) >= 11 is 0. The van der Waals surface area contributed by atoms with E-state index in [4.69, 9.17) is 13.3 Å². The molecule has 0 rings (SSSR count). The van der Waals surface area contributed by atoms with Gasteiger partial charge < -0.3 is 23.1 Å². The van der Waals surface area contributed by atoms with Crippen molar-refractivity contribution in [1.82, 2.24) is 9.80 Å². The van der Waals surface area contributed by atoms with Gasteiger partial charge in [0.2, 0.25) is 0 Å². The van der Waals surface area contributed by atoms with Crippen LogP contribution >= 0.6 is 0 Å². The zero-order valence-electron chi connectivity index (χ0n) is 15.4. The highest BCUT2D eigenvalue weighted by molar-refractivity contribution is 6.76. The minimum atomic E-state index is -2.43. The quantitative estimate of drug-likeness (QED) is 0.510. The lowest BCUT2D eigenvalue weighted by molar-refractivity contribution is 0.119. The number of likely N-dealkylation sites (N-methyl/N-ethyl adjacent to an activating group) is 2. The summed E-state index contributed by atoms with van der Waals surface area (Å²) in [6.07, 6.45) is 0. The van der Waals surface area contributed by atoms with Crippen LogP contribution in [0.2, 0.25) is 31.7 Å². The Balaban J connectivity index is 3.96. The number of hydrogen-bond donors (Lipinski definition) is 0. The molecular weight excluding hydrogens is 300 g/mol. The molecule has 21 heavy (non-hydrogen) atoms. The molecule has 0 saturated carbocycles. The normalized spacial score (nSPS) is 13.4. The van der Waals surface area contributed by atoms with Crippen molar-refractivity contribution in [2.45, 2.75) is 31.7 Å². The maximum absolute atomic E-state index is 5.45. The van der Waals surface area contributed by atoms with Crippen LogP contribution in [0.5, 0.6) is 0 Å². The molecule has 0 aliphatic rings. The summed E-state index contributed by atoms with van der Waals surface area (Å²) in [4.78, 5) is 4.76. The molecule has 0 saturated heterocycles. The fraction of sp³-hybridized carbons (Fsp3) is 1.00. The minimum absolute atomic E-state index is 0.825. The van der Waals surface area contributed by atoms with Gasteiger partial charge in [-0.2, -0.15) is 0 Å². The summed E-state index contributed by atoms with van der Waals surface area (Å²) in [7, 11) is 6.01. The van der Waals surface area contributed by atoms with Crippen molar-refractivity contribution in [3.05, 3.63) is 0 Å². The fourth-order valence-electron chi connectivity index (χ4n) is 1.98. The zero-order valence-corrected chi connectivity index (χ0v) is 17.4. The van der Waals surface area contributed by atoms with Crippen molar-refractivity contribution in [1.29, 1.82) is 0 Å². The Kier molecular flexibility index (Phi) is 10.2. The largest absolute Gasteiger partial charge is 0.501 e. The van der Waals surface area contributed by atoms with Crippen LogP contribution in [0.25, 0.3) is 0 Å². The predicted octanol–water partition coefficient (Wildman–Crippen LogP) is 2.07. The topological polar surface area (TPSA) is 34.2 Å². The standard InChI is InChI=1S/C14H36N2O3Si2/c1-15(11-13-20(6,7)8)9-10-16(2)12-14-21(17-3,18-4)19-5/h9-14H2,1-8H3. The average molecular weight is 337 g/mol. The molecule has 0 heterocycles. The van der Waals surface area contributed by atoms with Crippen LogP contribution < -0.4 is 0 Å². The molecule has 0 spiro atoms. The van der Waals surface area contributed by atoms with Gasteiger partial charge in [-0.1, -0.05) is 19.6 Å². The zero-order chi connectivity index (χ0) is 16.5. The molecule has 0 fully saturated rings. The van der Waals surface area contributed by atoms with Gasteiger partial charge in [-0.25, -0.2) is 0 Å². The number of hydrogen-bond acceptors (Lipinski definition) is 5. The van der Waals surface area contributed by atoms with Crippen molar-refractivity contribution < 1.29 is 13.3 Å². The SMILES string of the molecule is CO[Si](CCN(C)CCN(C)CC[Si](C)(C)C)(OC)OC. The highest BCUT2D eigenvalue weighted by Crippen LogP contribution is 2.13. The maximum Gasteiger partial charge on any atom is 0.501 e. The Hall–Kier alpha value is 0.234.